The maximum absolute atomic E-state index is 9.00. The lowest BCUT2D eigenvalue weighted by atomic mass is 10.9. The normalized spacial score (nSPS) is 5.89. The molecule has 0 radical (unpaired) electrons. The molecule has 0 heterocycles. The number of carboxylic acid groups (broad SMARTS) is 1. The van der Waals surface area contributed by atoms with Crippen LogP contribution in [-0.2, 0) is 19.1 Å². The Balaban J connectivity index is 0. The summed E-state index contributed by atoms with van der Waals surface area (Å²) in [6.45, 7) is 1.21. The number of rotatable bonds is 2. The van der Waals surface area contributed by atoms with Gasteiger partial charge in [-0.15, -0.1) is 0 Å². The molecule has 0 aromatic rings. The second-order valence-corrected chi connectivity index (χ2v) is 0.848. The number of hydrogen-bond donors (Lipinski definition) is 1. The first kappa shape index (κ1) is 10.6. The van der Waals surface area contributed by atoms with E-state index < -0.39 is 5.97 Å². The minimum atomic E-state index is -0.833. The molecule has 5 heteroatoms. The van der Waals surface area contributed by atoms with Crippen molar-refractivity contribution in [2.24, 2.45) is 0 Å². The van der Waals surface area contributed by atoms with Gasteiger partial charge in [0.25, 0.3) is 5.97 Å². The molecular formula is C4H6O5. The molecule has 0 fully saturated rings. The van der Waals surface area contributed by atoms with Crippen LogP contribution in [0.5, 0.6) is 0 Å². The highest BCUT2D eigenvalue weighted by atomic mass is 16.6. The fourth-order valence-electron chi connectivity index (χ4n) is 0.0227. The minimum Gasteiger partial charge on any atom is -0.481 e. The molecule has 1 N–H and O–H groups in total. The van der Waals surface area contributed by atoms with E-state index in [9.17, 15) is 0 Å². The summed E-state index contributed by atoms with van der Waals surface area (Å²) in [6.07, 6.45) is 0. The van der Waals surface area contributed by atoms with Crippen LogP contribution in [-0.4, -0.2) is 24.0 Å². The van der Waals surface area contributed by atoms with Crippen molar-refractivity contribution >= 4 is 18.9 Å². The van der Waals surface area contributed by atoms with Gasteiger partial charge in [-0.2, -0.15) is 0 Å². The van der Waals surface area contributed by atoms with Crippen molar-refractivity contribution in [3.8, 4) is 0 Å². The molecule has 9 heavy (non-hydrogen) atoms. The number of carbonyl (C=O) groups is 3. The van der Waals surface area contributed by atoms with Gasteiger partial charge < -0.3 is 9.84 Å². The van der Waals surface area contributed by atoms with Crippen LogP contribution in [0.3, 0.4) is 0 Å². The Bertz CT molecular complexity index is 87.1. The molecule has 0 atom stereocenters. The molecule has 0 saturated heterocycles. The molecule has 52 valence electrons. The SMILES string of the molecule is CC(=O)O.O=COC=O. The van der Waals surface area contributed by atoms with Crippen molar-refractivity contribution in [1.29, 1.82) is 0 Å². The molecular weight excluding hydrogens is 128 g/mol. The molecule has 0 aromatic carbocycles. The van der Waals surface area contributed by atoms with E-state index in [1.807, 2.05) is 0 Å². The van der Waals surface area contributed by atoms with Crippen molar-refractivity contribution < 1.29 is 24.2 Å². The van der Waals surface area contributed by atoms with E-state index in [4.69, 9.17) is 19.5 Å². The van der Waals surface area contributed by atoms with Crippen LogP contribution in [0.15, 0.2) is 0 Å². The van der Waals surface area contributed by atoms with Crippen molar-refractivity contribution in [2.75, 3.05) is 0 Å². The Hall–Kier alpha value is -1.39. The minimum absolute atomic E-state index is 0.0625. The van der Waals surface area contributed by atoms with Crippen molar-refractivity contribution in [1.82, 2.24) is 0 Å². The number of aliphatic carboxylic acids is 1. The van der Waals surface area contributed by atoms with Crippen LogP contribution in [0.4, 0.5) is 0 Å². The molecule has 0 spiro atoms. The predicted octanol–water partition coefficient (Wildman–Crippen LogP) is -0.593. The van der Waals surface area contributed by atoms with Gasteiger partial charge in [-0.05, 0) is 0 Å². The number of carboxylic acids is 1. The van der Waals surface area contributed by atoms with E-state index in [1.165, 1.54) is 0 Å². The lowest BCUT2D eigenvalue weighted by molar-refractivity contribution is -0.141. The second-order valence-electron chi connectivity index (χ2n) is 0.848. The van der Waals surface area contributed by atoms with Crippen molar-refractivity contribution in [3.05, 3.63) is 0 Å². The topological polar surface area (TPSA) is 80.7 Å². The summed E-state index contributed by atoms with van der Waals surface area (Å²) in [5, 5.41) is 7.42. The Kier molecular flexibility index (Phi) is 11.5. The monoisotopic (exact) mass is 134 g/mol. The Morgan fingerprint density at radius 1 is 1.44 bits per heavy atom. The zero-order valence-electron chi connectivity index (χ0n) is 4.73. The summed E-state index contributed by atoms with van der Waals surface area (Å²) >= 11 is 0. The van der Waals surface area contributed by atoms with Crippen LogP contribution in [0.1, 0.15) is 6.92 Å². The molecule has 0 aliphatic carbocycles. The fraction of sp³-hybridized carbons (Fsp3) is 0.250. The Labute approximate surface area is 51.2 Å². The maximum atomic E-state index is 9.00. The predicted molar refractivity (Wildman–Crippen MR) is 26.5 cm³/mol. The van der Waals surface area contributed by atoms with Crippen LogP contribution in [0, 0.1) is 0 Å². The third-order valence-corrected chi connectivity index (χ3v) is 0.111. The van der Waals surface area contributed by atoms with E-state index in [0.29, 0.717) is 0 Å². The lowest BCUT2D eigenvalue weighted by Crippen LogP contribution is -1.78. The van der Waals surface area contributed by atoms with Crippen LogP contribution >= 0.6 is 0 Å². The summed E-state index contributed by atoms with van der Waals surface area (Å²) in [4.78, 5) is 26.9. The zero-order chi connectivity index (χ0) is 7.70. The molecule has 0 amide bonds. The number of hydrogen-bond acceptors (Lipinski definition) is 4. The van der Waals surface area contributed by atoms with Crippen LogP contribution in [0.2, 0.25) is 0 Å². The van der Waals surface area contributed by atoms with Gasteiger partial charge in [-0.3, -0.25) is 14.4 Å². The quantitative estimate of drug-likeness (QED) is 0.403. The van der Waals surface area contributed by atoms with Crippen LogP contribution < -0.4 is 0 Å². The Morgan fingerprint density at radius 2 is 1.67 bits per heavy atom. The van der Waals surface area contributed by atoms with E-state index in [2.05, 4.69) is 4.74 Å². The standard InChI is InChI=1S/C2H2O3.C2H4O2/c3-1-5-2-4;1-2(3)4/h1-2H;1H3,(H,3,4). The highest BCUT2D eigenvalue weighted by Gasteiger charge is 1.65. The molecule has 0 unspecified atom stereocenters. The van der Waals surface area contributed by atoms with Crippen molar-refractivity contribution in [3.63, 3.8) is 0 Å². The molecule has 5 nitrogen and oxygen atoms in total. The van der Waals surface area contributed by atoms with Gasteiger partial charge in [-0.25, -0.2) is 0 Å². The van der Waals surface area contributed by atoms with Gasteiger partial charge in [0.05, 0.1) is 0 Å². The molecule has 0 rings (SSSR count). The van der Waals surface area contributed by atoms with Gasteiger partial charge >= 0.3 is 12.9 Å². The lowest BCUT2D eigenvalue weighted by Gasteiger charge is -1.65. The third kappa shape index (κ3) is 378. The second kappa shape index (κ2) is 9.79. The number of carbonyl (C=O) groups excluding carboxylic acids is 2. The van der Waals surface area contributed by atoms with E-state index >= 15 is 0 Å². The first-order valence-electron chi connectivity index (χ1n) is 1.87. The van der Waals surface area contributed by atoms with E-state index in [-0.39, 0.29) is 12.9 Å². The third-order valence-electron chi connectivity index (χ3n) is 0.111. The zero-order valence-corrected chi connectivity index (χ0v) is 4.73. The van der Waals surface area contributed by atoms with E-state index in [0.717, 1.165) is 6.92 Å². The molecule has 0 aliphatic rings. The molecule has 0 saturated carbocycles. The average Bonchev–Trinajstić information content (AvgIpc) is 1.66. The first-order chi connectivity index (χ1) is 4.15. The molecule has 0 bridgehead atoms. The van der Waals surface area contributed by atoms with Gasteiger partial charge in [0.15, 0.2) is 0 Å². The van der Waals surface area contributed by atoms with Gasteiger partial charge in [0, 0.05) is 6.92 Å². The van der Waals surface area contributed by atoms with Gasteiger partial charge in [0.1, 0.15) is 0 Å². The largest absolute Gasteiger partial charge is 0.481 e. The summed E-state index contributed by atoms with van der Waals surface area (Å²) in [7, 11) is 0. The Morgan fingerprint density at radius 3 is 1.67 bits per heavy atom. The first-order valence-corrected chi connectivity index (χ1v) is 1.87. The fourth-order valence-corrected chi connectivity index (χ4v) is 0.0227. The van der Waals surface area contributed by atoms with Gasteiger partial charge in [-0.1, -0.05) is 0 Å². The molecule has 0 aliphatic heterocycles. The van der Waals surface area contributed by atoms with Crippen LogP contribution in [0.25, 0.3) is 0 Å². The summed E-state index contributed by atoms with van der Waals surface area (Å²) in [5.41, 5.74) is 0. The summed E-state index contributed by atoms with van der Waals surface area (Å²) in [5.74, 6) is -0.833. The summed E-state index contributed by atoms with van der Waals surface area (Å²) < 4.78 is 3.47. The average molecular weight is 134 g/mol. The smallest absolute Gasteiger partial charge is 0.300 e. The maximum Gasteiger partial charge on any atom is 0.300 e. The number of ether oxygens (including phenoxy) is 1. The molecule has 0 aromatic heterocycles. The van der Waals surface area contributed by atoms with E-state index in [1.54, 1.807) is 0 Å². The summed E-state index contributed by atoms with van der Waals surface area (Å²) in [6, 6.07) is 0. The van der Waals surface area contributed by atoms with Crippen molar-refractivity contribution in [2.45, 2.75) is 6.92 Å². The highest BCUT2D eigenvalue weighted by Crippen LogP contribution is 1.42. The highest BCUT2D eigenvalue weighted by molar-refractivity contribution is 5.62. The van der Waals surface area contributed by atoms with Gasteiger partial charge in [0.2, 0.25) is 0 Å².